The first-order valence-corrected chi connectivity index (χ1v) is 22.4. The summed E-state index contributed by atoms with van der Waals surface area (Å²) in [7, 11) is -4.33. The van der Waals surface area contributed by atoms with E-state index in [2.05, 4.69) is 59.4 Å². The Hall–Kier alpha value is -5.74. The van der Waals surface area contributed by atoms with Crippen molar-refractivity contribution in [1.29, 1.82) is 0 Å². The molecule has 1 saturated heterocycles. The Kier molecular flexibility index (Phi) is 13.5. The van der Waals surface area contributed by atoms with E-state index in [0.29, 0.717) is 21.7 Å². The van der Waals surface area contributed by atoms with E-state index >= 15 is 0 Å². The van der Waals surface area contributed by atoms with E-state index in [-0.39, 0.29) is 34.8 Å². The number of amides is 1. The van der Waals surface area contributed by atoms with Gasteiger partial charge in [-0.1, -0.05) is 66.2 Å². The molecule has 2 heterocycles. The first kappa shape index (κ1) is 42.4. The summed E-state index contributed by atoms with van der Waals surface area (Å²) in [5.41, 5.74) is 4.72. The van der Waals surface area contributed by atoms with Crippen LogP contribution in [0.4, 0.5) is 22.9 Å². The number of anilines is 3. The van der Waals surface area contributed by atoms with Crippen molar-refractivity contribution in [3.63, 3.8) is 0 Å². The van der Waals surface area contributed by atoms with Crippen LogP contribution in [0.5, 0.6) is 0 Å². The van der Waals surface area contributed by atoms with E-state index in [0.717, 1.165) is 54.9 Å². The number of nitro benzene ring substituents is 1. The lowest BCUT2D eigenvalue weighted by Crippen LogP contribution is -2.46. The first-order chi connectivity index (χ1) is 28.9. The average molecular weight is 865 g/mol. The summed E-state index contributed by atoms with van der Waals surface area (Å²) in [5.74, 6) is 0.265. The summed E-state index contributed by atoms with van der Waals surface area (Å²) in [4.78, 5) is 38.5. The zero-order chi connectivity index (χ0) is 42.2. The second-order valence-electron chi connectivity index (χ2n) is 14.8. The first-order valence-electron chi connectivity index (χ1n) is 19.5. The second kappa shape index (κ2) is 19.1. The van der Waals surface area contributed by atoms with Crippen LogP contribution >= 0.6 is 23.4 Å². The number of carbonyl (C=O) groups excluding carboxylic acids is 1. The molecule has 16 heteroatoms. The molecule has 6 aromatic rings. The minimum Gasteiger partial charge on any atom is -0.375 e. The Labute approximate surface area is 358 Å². The number of nitrogens with one attached hydrogen (secondary N) is 3. The summed E-state index contributed by atoms with van der Waals surface area (Å²) >= 11 is 7.64. The van der Waals surface area contributed by atoms with Crippen molar-refractivity contribution >= 4 is 73.1 Å². The van der Waals surface area contributed by atoms with Crippen molar-refractivity contribution in [1.82, 2.24) is 20.2 Å². The number of fused-ring (bicyclic) bond motifs is 1. The molecule has 3 N–H and O–H groups in total. The highest BCUT2D eigenvalue weighted by Gasteiger charge is 2.26. The highest BCUT2D eigenvalue weighted by molar-refractivity contribution is 7.99. The van der Waals surface area contributed by atoms with Gasteiger partial charge in [0.25, 0.3) is 15.7 Å². The molecular weight excluding hydrogens is 820 g/mol. The number of nitro groups is 1. The molecule has 60 heavy (non-hydrogen) atoms. The van der Waals surface area contributed by atoms with Crippen molar-refractivity contribution in [2.24, 2.45) is 0 Å². The topological polar surface area (TPSA) is 163 Å². The predicted octanol–water partition coefficient (Wildman–Crippen LogP) is 8.47. The number of aromatic nitrogens is 2. The molecule has 1 aliphatic rings. The Morgan fingerprint density at radius 3 is 2.37 bits per heavy atom. The molecular formula is C44H45ClN8O5S2. The molecule has 0 bridgehead atoms. The van der Waals surface area contributed by atoms with Crippen LogP contribution in [0.25, 0.3) is 22.0 Å². The molecule has 5 aromatic carbocycles. The summed E-state index contributed by atoms with van der Waals surface area (Å²) in [6, 6.07) is 34.7. The van der Waals surface area contributed by atoms with Gasteiger partial charge in [0.15, 0.2) is 5.82 Å². The lowest BCUT2D eigenvalue weighted by Gasteiger charge is -2.36. The predicted molar refractivity (Wildman–Crippen MR) is 240 cm³/mol. The summed E-state index contributed by atoms with van der Waals surface area (Å²) in [6.45, 7) is 7.81. The molecule has 1 aliphatic heterocycles. The number of hydrogen-bond acceptors (Lipinski definition) is 11. The number of carbonyl (C=O) groups is 1. The fourth-order valence-electron chi connectivity index (χ4n) is 7.13. The van der Waals surface area contributed by atoms with Gasteiger partial charge >= 0.3 is 0 Å². The Morgan fingerprint density at radius 1 is 0.900 bits per heavy atom. The Bertz CT molecular complexity index is 2570. The normalized spacial score (nSPS) is 13.9. The van der Waals surface area contributed by atoms with E-state index in [1.165, 1.54) is 41.3 Å². The highest BCUT2D eigenvalue weighted by Crippen LogP contribution is 2.33. The van der Waals surface area contributed by atoms with Crippen molar-refractivity contribution in [3.8, 4) is 11.1 Å². The van der Waals surface area contributed by atoms with Crippen LogP contribution in [0.2, 0.25) is 5.02 Å². The molecule has 1 amide bonds. The Balaban J connectivity index is 1.03. The molecule has 0 unspecified atom stereocenters. The van der Waals surface area contributed by atoms with Crippen LogP contribution in [0, 0.1) is 10.1 Å². The SMILES string of the molecule is CC(C)NC(=O)C[C@H](CSc1ccccc1)Nc1ccc(S(=O)(=O)Nc2ncnc3cc(N4CCN(Cc5ccccc5-c5ccc(Cl)cc5)CC4)ccc23)cc1[N+](=O)[O-]. The van der Waals surface area contributed by atoms with Crippen LogP contribution in [-0.4, -0.2) is 78.1 Å². The fraction of sp³-hybridized carbons (Fsp3) is 0.250. The van der Waals surface area contributed by atoms with Gasteiger partial charge in [0.05, 0.1) is 15.3 Å². The van der Waals surface area contributed by atoms with Gasteiger partial charge in [0.2, 0.25) is 5.91 Å². The van der Waals surface area contributed by atoms with E-state index < -0.39 is 26.7 Å². The highest BCUT2D eigenvalue weighted by atomic mass is 35.5. The van der Waals surface area contributed by atoms with Crippen molar-refractivity contribution in [2.45, 2.75) is 48.7 Å². The zero-order valence-electron chi connectivity index (χ0n) is 33.1. The molecule has 0 aliphatic carbocycles. The molecule has 1 fully saturated rings. The second-order valence-corrected chi connectivity index (χ2v) is 18.0. The quantitative estimate of drug-likeness (QED) is 0.0486. The lowest BCUT2D eigenvalue weighted by atomic mass is 9.99. The van der Waals surface area contributed by atoms with Crippen LogP contribution < -0.4 is 20.3 Å². The molecule has 0 radical (unpaired) electrons. The smallest absolute Gasteiger partial charge is 0.293 e. The van der Waals surface area contributed by atoms with Gasteiger partial charge in [-0.15, -0.1) is 11.8 Å². The minimum atomic E-state index is -4.33. The number of rotatable bonds is 16. The van der Waals surface area contributed by atoms with Crippen LogP contribution in [0.15, 0.2) is 131 Å². The van der Waals surface area contributed by atoms with Crippen molar-refractivity contribution in [3.05, 3.63) is 142 Å². The van der Waals surface area contributed by atoms with Crippen molar-refractivity contribution < 1.29 is 18.1 Å². The Morgan fingerprint density at radius 2 is 1.63 bits per heavy atom. The third kappa shape index (κ3) is 10.7. The van der Waals surface area contributed by atoms with E-state index in [4.69, 9.17) is 11.6 Å². The molecule has 13 nitrogen and oxygen atoms in total. The number of benzene rings is 5. The van der Waals surface area contributed by atoms with Gasteiger partial charge in [-0.25, -0.2) is 18.4 Å². The fourth-order valence-corrected chi connectivity index (χ4v) is 9.24. The van der Waals surface area contributed by atoms with Gasteiger partial charge in [-0.2, -0.15) is 0 Å². The molecule has 0 saturated carbocycles. The molecule has 7 rings (SSSR count). The maximum atomic E-state index is 13.8. The third-order valence-corrected chi connectivity index (χ3v) is 12.8. The van der Waals surface area contributed by atoms with E-state index in [1.807, 2.05) is 80.6 Å². The average Bonchev–Trinajstić information content (AvgIpc) is 3.23. The van der Waals surface area contributed by atoms with Gasteiger partial charge in [0, 0.05) is 84.0 Å². The number of hydrogen-bond donors (Lipinski definition) is 3. The number of halogens is 1. The lowest BCUT2D eigenvalue weighted by molar-refractivity contribution is -0.384. The number of piperazine rings is 1. The number of thioether (sulfide) groups is 1. The van der Waals surface area contributed by atoms with Gasteiger partial charge < -0.3 is 15.5 Å². The zero-order valence-corrected chi connectivity index (χ0v) is 35.5. The third-order valence-electron chi connectivity index (χ3n) is 10.1. The van der Waals surface area contributed by atoms with Gasteiger partial charge in [-0.05, 0) is 85.1 Å². The van der Waals surface area contributed by atoms with Crippen LogP contribution in [0.3, 0.4) is 0 Å². The van der Waals surface area contributed by atoms with Crippen LogP contribution in [0.1, 0.15) is 25.8 Å². The van der Waals surface area contributed by atoms with E-state index in [1.54, 1.807) is 6.07 Å². The minimum absolute atomic E-state index is 0.0507. The summed E-state index contributed by atoms with van der Waals surface area (Å²) < 4.78 is 30.1. The molecule has 310 valence electrons. The largest absolute Gasteiger partial charge is 0.375 e. The maximum absolute atomic E-state index is 13.8. The van der Waals surface area contributed by atoms with E-state index in [9.17, 15) is 23.3 Å². The summed E-state index contributed by atoms with van der Waals surface area (Å²) in [5, 5.41) is 19.5. The maximum Gasteiger partial charge on any atom is 0.293 e. The monoisotopic (exact) mass is 864 g/mol. The van der Waals surface area contributed by atoms with Gasteiger partial charge in [0.1, 0.15) is 12.0 Å². The van der Waals surface area contributed by atoms with Gasteiger partial charge in [-0.3, -0.25) is 24.5 Å². The molecule has 1 atom stereocenters. The summed E-state index contributed by atoms with van der Waals surface area (Å²) in [6.07, 6.45) is 1.34. The molecule has 0 spiro atoms. The standard InChI is InChI=1S/C44H45ClN8O5S2/c1-30(2)48-43(54)24-34(28-59-36-9-4-3-5-10-36)49-40-19-17-37(26-42(40)53(55)56)60(57,58)50-44-39-18-16-35(25-41(39)46-29-47-44)52-22-20-51(21-23-52)27-32-8-6-7-11-38(32)31-12-14-33(45)15-13-31/h3-19,25-26,29-30,34,49H,20-24,27-28H2,1-2H3,(H,48,54)(H,46,47,50)/t34-/m1/s1. The van der Waals surface area contributed by atoms with Crippen molar-refractivity contribution in [2.75, 3.05) is 46.9 Å². The number of nitrogens with zero attached hydrogens (tertiary/aromatic N) is 5. The molecule has 1 aromatic heterocycles. The number of sulfonamides is 1. The van der Waals surface area contributed by atoms with Crippen LogP contribution in [-0.2, 0) is 21.4 Å².